The van der Waals surface area contributed by atoms with Gasteiger partial charge in [0, 0.05) is 25.0 Å². The van der Waals surface area contributed by atoms with Crippen molar-refractivity contribution < 1.29 is 21.6 Å². The van der Waals surface area contributed by atoms with Gasteiger partial charge in [0.25, 0.3) is 0 Å². The molecule has 0 unspecified atom stereocenters. The summed E-state index contributed by atoms with van der Waals surface area (Å²) in [5, 5.41) is 5.74. The molecule has 0 atom stereocenters. The highest BCUT2D eigenvalue weighted by Crippen LogP contribution is 2.34. The van der Waals surface area contributed by atoms with E-state index in [1.807, 2.05) is 0 Å². The van der Waals surface area contributed by atoms with Gasteiger partial charge in [0.2, 0.25) is 16.0 Å². The highest BCUT2D eigenvalue weighted by molar-refractivity contribution is 7.88. The fourth-order valence-corrected chi connectivity index (χ4v) is 2.68. The monoisotopic (exact) mass is 443 g/mol. The van der Waals surface area contributed by atoms with Gasteiger partial charge < -0.3 is 10.6 Å². The Balaban J connectivity index is 2.20. The molecule has 0 bridgehead atoms. The van der Waals surface area contributed by atoms with Crippen molar-refractivity contribution in [3.05, 3.63) is 40.0 Å². The predicted molar refractivity (Wildman–Crippen MR) is 98.1 cm³/mol. The minimum absolute atomic E-state index is 0.111. The quantitative estimate of drug-likeness (QED) is 0.566. The summed E-state index contributed by atoms with van der Waals surface area (Å²) in [5.41, 5.74) is -0.657. The van der Waals surface area contributed by atoms with Crippen LogP contribution in [0.4, 0.5) is 30.6 Å². The number of anilines is 3. The smallest absolute Gasteiger partial charge is 0.368 e. The first-order chi connectivity index (χ1) is 12.5. The Morgan fingerprint density at radius 2 is 1.85 bits per heavy atom. The molecule has 7 nitrogen and oxygen atoms in total. The Kier molecular flexibility index (Phi) is 6.73. The third-order valence-corrected chi connectivity index (χ3v) is 4.52. The van der Waals surface area contributed by atoms with E-state index in [-0.39, 0.29) is 24.1 Å². The van der Waals surface area contributed by atoms with Crippen LogP contribution in [-0.2, 0) is 16.2 Å². The molecule has 0 aliphatic heterocycles. The molecular formula is C14H14Cl2F3N5O2S. The first-order valence-corrected chi connectivity index (χ1v) is 9.95. The molecule has 1 aromatic heterocycles. The summed E-state index contributed by atoms with van der Waals surface area (Å²) in [4.78, 5) is 7.46. The third kappa shape index (κ3) is 6.69. The van der Waals surface area contributed by atoms with E-state index in [2.05, 4.69) is 25.3 Å². The van der Waals surface area contributed by atoms with Gasteiger partial charge in [-0.3, -0.25) is 0 Å². The maximum Gasteiger partial charge on any atom is 0.421 e. The van der Waals surface area contributed by atoms with Crippen LogP contribution in [0.3, 0.4) is 0 Å². The Hall–Kier alpha value is -1.82. The van der Waals surface area contributed by atoms with Gasteiger partial charge in [-0.15, -0.1) is 0 Å². The number of sulfonamides is 1. The van der Waals surface area contributed by atoms with E-state index in [4.69, 9.17) is 23.2 Å². The predicted octanol–water partition coefficient (Wildman–Crippen LogP) is 3.51. The van der Waals surface area contributed by atoms with E-state index >= 15 is 0 Å². The molecule has 0 aliphatic carbocycles. The minimum Gasteiger partial charge on any atom is -0.368 e. The lowest BCUT2D eigenvalue weighted by atomic mass is 10.3. The number of aromatic nitrogens is 2. The molecule has 13 heteroatoms. The van der Waals surface area contributed by atoms with Crippen molar-refractivity contribution in [2.45, 2.75) is 6.18 Å². The Morgan fingerprint density at radius 3 is 2.44 bits per heavy atom. The lowest BCUT2D eigenvalue weighted by molar-refractivity contribution is -0.137. The van der Waals surface area contributed by atoms with Crippen molar-refractivity contribution in [2.75, 3.05) is 30.0 Å². The summed E-state index contributed by atoms with van der Waals surface area (Å²) in [5.74, 6) is -0.602. The van der Waals surface area contributed by atoms with Crippen LogP contribution in [-0.4, -0.2) is 37.7 Å². The first kappa shape index (κ1) is 21.5. The maximum atomic E-state index is 13.1. The fraction of sp³-hybridized carbons (Fsp3) is 0.286. The second-order valence-corrected chi connectivity index (χ2v) is 7.95. The topological polar surface area (TPSA) is 96.0 Å². The van der Waals surface area contributed by atoms with E-state index in [9.17, 15) is 21.6 Å². The molecule has 0 saturated carbocycles. The Morgan fingerprint density at radius 1 is 1.15 bits per heavy atom. The number of nitrogens with zero attached hydrogens (tertiary/aromatic N) is 2. The third-order valence-electron chi connectivity index (χ3n) is 3.05. The molecule has 1 aromatic carbocycles. The number of hydrogen-bond donors (Lipinski definition) is 3. The van der Waals surface area contributed by atoms with E-state index in [0.717, 1.165) is 6.26 Å². The number of alkyl halides is 3. The van der Waals surface area contributed by atoms with Gasteiger partial charge in [-0.05, 0) is 18.2 Å². The summed E-state index contributed by atoms with van der Waals surface area (Å²) in [7, 11) is -3.45. The molecule has 1 heterocycles. The molecule has 0 saturated heterocycles. The van der Waals surface area contributed by atoms with Crippen molar-refractivity contribution in [3.63, 3.8) is 0 Å². The van der Waals surface area contributed by atoms with Crippen LogP contribution in [0.25, 0.3) is 0 Å². The van der Waals surface area contributed by atoms with Gasteiger partial charge in [-0.2, -0.15) is 18.2 Å². The highest BCUT2D eigenvalue weighted by atomic mass is 35.5. The standard InChI is InChI=1S/C14H14Cl2F3N5O2S/c1-27(25,26)22-5-4-20-12-9(14(17,18)19)7-21-13(24-12)23-8-2-3-10(15)11(16)6-8/h2-3,6-7,22H,4-5H2,1H3,(H2,20,21,23,24). The maximum absolute atomic E-state index is 13.1. The number of benzene rings is 1. The second-order valence-electron chi connectivity index (χ2n) is 5.30. The summed E-state index contributed by atoms with van der Waals surface area (Å²) in [6.45, 7) is -0.227. The average Bonchev–Trinajstić information content (AvgIpc) is 2.53. The van der Waals surface area contributed by atoms with Crippen LogP contribution in [0.1, 0.15) is 5.56 Å². The first-order valence-electron chi connectivity index (χ1n) is 7.30. The van der Waals surface area contributed by atoms with Gasteiger partial charge in [0.15, 0.2) is 0 Å². The Labute approximate surface area is 163 Å². The molecule has 148 valence electrons. The number of hydrogen-bond acceptors (Lipinski definition) is 6. The van der Waals surface area contributed by atoms with Gasteiger partial charge in [0.05, 0.1) is 16.3 Å². The van der Waals surface area contributed by atoms with Crippen LogP contribution >= 0.6 is 23.2 Å². The second kappa shape index (κ2) is 8.46. The lowest BCUT2D eigenvalue weighted by Crippen LogP contribution is -2.28. The van der Waals surface area contributed by atoms with Crippen LogP contribution < -0.4 is 15.4 Å². The molecule has 0 radical (unpaired) electrons. The number of nitrogens with one attached hydrogen (secondary N) is 3. The van der Waals surface area contributed by atoms with Crippen LogP contribution in [0.5, 0.6) is 0 Å². The van der Waals surface area contributed by atoms with Crippen molar-refractivity contribution in [2.24, 2.45) is 0 Å². The zero-order valence-corrected chi connectivity index (χ0v) is 16.1. The van der Waals surface area contributed by atoms with Crippen molar-refractivity contribution in [3.8, 4) is 0 Å². The van der Waals surface area contributed by atoms with E-state index < -0.39 is 27.6 Å². The van der Waals surface area contributed by atoms with Crippen molar-refractivity contribution in [1.29, 1.82) is 0 Å². The zero-order valence-electron chi connectivity index (χ0n) is 13.7. The minimum atomic E-state index is -4.69. The largest absolute Gasteiger partial charge is 0.421 e. The van der Waals surface area contributed by atoms with Crippen LogP contribution in [0, 0.1) is 0 Å². The van der Waals surface area contributed by atoms with Gasteiger partial charge in [0.1, 0.15) is 11.4 Å². The molecule has 27 heavy (non-hydrogen) atoms. The summed E-state index contributed by atoms with van der Waals surface area (Å²) in [6.07, 6.45) is -3.12. The van der Waals surface area contributed by atoms with E-state index in [1.54, 1.807) is 6.07 Å². The molecule has 0 amide bonds. The van der Waals surface area contributed by atoms with Crippen molar-refractivity contribution >= 4 is 50.7 Å². The summed E-state index contributed by atoms with van der Waals surface area (Å²) in [6, 6.07) is 4.53. The summed E-state index contributed by atoms with van der Waals surface area (Å²) >= 11 is 11.7. The van der Waals surface area contributed by atoms with E-state index in [0.29, 0.717) is 16.9 Å². The normalized spacial score (nSPS) is 12.1. The highest BCUT2D eigenvalue weighted by Gasteiger charge is 2.35. The van der Waals surface area contributed by atoms with E-state index in [1.165, 1.54) is 12.1 Å². The number of rotatable bonds is 7. The Bertz CT molecular complexity index is 925. The number of halogens is 5. The summed E-state index contributed by atoms with van der Waals surface area (Å²) < 4.78 is 63.5. The molecule has 0 fully saturated rings. The van der Waals surface area contributed by atoms with Gasteiger partial charge in [-0.25, -0.2) is 18.1 Å². The lowest BCUT2D eigenvalue weighted by Gasteiger charge is -2.15. The van der Waals surface area contributed by atoms with Crippen molar-refractivity contribution in [1.82, 2.24) is 14.7 Å². The van der Waals surface area contributed by atoms with Gasteiger partial charge >= 0.3 is 6.18 Å². The molecule has 2 aromatic rings. The molecule has 2 rings (SSSR count). The molecule has 0 aliphatic rings. The fourth-order valence-electron chi connectivity index (χ4n) is 1.90. The molecule has 3 N–H and O–H groups in total. The van der Waals surface area contributed by atoms with Crippen LogP contribution in [0.2, 0.25) is 10.0 Å². The molecular weight excluding hydrogens is 430 g/mol. The molecule has 0 spiro atoms. The zero-order chi connectivity index (χ0) is 20.2. The van der Waals surface area contributed by atoms with Gasteiger partial charge in [-0.1, -0.05) is 23.2 Å². The average molecular weight is 444 g/mol. The SMILES string of the molecule is CS(=O)(=O)NCCNc1nc(Nc2ccc(Cl)c(Cl)c2)ncc1C(F)(F)F. The van der Waals surface area contributed by atoms with Crippen LogP contribution in [0.15, 0.2) is 24.4 Å².